The van der Waals surface area contributed by atoms with Crippen LogP contribution in [0.2, 0.25) is 0 Å². The number of aromatic nitrogens is 3. The van der Waals surface area contributed by atoms with E-state index in [1.54, 1.807) is 74.8 Å². The Kier molecular flexibility index (Phi) is 5.61. The van der Waals surface area contributed by atoms with Crippen molar-refractivity contribution in [1.29, 1.82) is 0 Å². The average molecular weight is 418 g/mol. The molecule has 156 valence electrons. The first-order valence-electron chi connectivity index (χ1n) is 9.44. The van der Waals surface area contributed by atoms with E-state index < -0.39 is 11.7 Å². The molecule has 4 aromatic rings. The molecule has 1 N–H and O–H groups in total. The number of rotatable bonds is 6. The number of methoxy groups -OCH3 is 1. The van der Waals surface area contributed by atoms with Gasteiger partial charge in [0.25, 0.3) is 5.91 Å². The van der Waals surface area contributed by atoms with Gasteiger partial charge in [-0.05, 0) is 55.5 Å². The summed E-state index contributed by atoms with van der Waals surface area (Å²) in [6.07, 6.45) is 2.97. The van der Waals surface area contributed by atoms with Crippen LogP contribution in [-0.2, 0) is 0 Å². The number of benzene rings is 2. The maximum atomic E-state index is 14.1. The Morgan fingerprint density at radius 3 is 2.52 bits per heavy atom. The molecule has 2 aromatic carbocycles. The van der Waals surface area contributed by atoms with Crippen LogP contribution < -0.4 is 14.8 Å². The maximum Gasteiger partial charge on any atom is 0.259 e. The van der Waals surface area contributed by atoms with Crippen LogP contribution in [-0.4, -0.2) is 27.8 Å². The largest absolute Gasteiger partial charge is 0.497 e. The number of halogens is 1. The number of pyridine rings is 1. The van der Waals surface area contributed by atoms with Crippen molar-refractivity contribution in [1.82, 2.24) is 14.8 Å². The van der Waals surface area contributed by atoms with Crippen molar-refractivity contribution < 1.29 is 18.7 Å². The lowest BCUT2D eigenvalue weighted by Crippen LogP contribution is -2.14. The highest BCUT2D eigenvalue weighted by Crippen LogP contribution is 2.29. The van der Waals surface area contributed by atoms with Crippen molar-refractivity contribution in [2.75, 3.05) is 12.4 Å². The predicted molar refractivity (Wildman–Crippen MR) is 114 cm³/mol. The van der Waals surface area contributed by atoms with Crippen molar-refractivity contribution in [3.8, 4) is 23.1 Å². The van der Waals surface area contributed by atoms with Gasteiger partial charge in [-0.25, -0.2) is 14.1 Å². The Labute approximate surface area is 178 Å². The number of hydrogen-bond acceptors (Lipinski definition) is 5. The fourth-order valence-corrected chi connectivity index (χ4v) is 3.01. The van der Waals surface area contributed by atoms with E-state index in [0.29, 0.717) is 28.4 Å². The monoisotopic (exact) mass is 418 g/mol. The van der Waals surface area contributed by atoms with Crippen LogP contribution in [0.25, 0.3) is 5.69 Å². The highest BCUT2D eigenvalue weighted by Gasteiger charge is 2.18. The molecule has 0 radical (unpaired) electrons. The van der Waals surface area contributed by atoms with Crippen LogP contribution in [0.5, 0.6) is 17.4 Å². The maximum absolute atomic E-state index is 14.1. The third-order valence-electron chi connectivity index (χ3n) is 4.63. The molecule has 0 aliphatic heterocycles. The van der Waals surface area contributed by atoms with Gasteiger partial charge in [-0.2, -0.15) is 5.10 Å². The number of para-hydroxylation sites is 1. The Bertz CT molecular complexity index is 1220. The molecule has 1 amide bonds. The van der Waals surface area contributed by atoms with E-state index in [1.165, 1.54) is 16.9 Å². The van der Waals surface area contributed by atoms with Crippen molar-refractivity contribution >= 4 is 11.6 Å². The lowest BCUT2D eigenvalue weighted by atomic mass is 10.2. The van der Waals surface area contributed by atoms with E-state index in [-0.39, 0.29) is 11.6 Å². The molecule has 0 aliphatic carbocycles. The van der Waals surface area contributed by atoms with Crippen molar-refractivity contribution in [3.05, 3.63) is 90.1 Å². The van der Waals surface area contributed by atoms with Gasteiger partial charge >= 0.3 is 0 Å². The molecule has 0 spiro atoms. The summed E-state index contributed by atoms with van der Waals surface area (Å²) >= 11 is 0. The minimum absolute atomic E-state index is 0.236. The summed E-state index contributed by atoms with van der Waals surface area (Å²) in [4.78, 5) is 17.1. The minimum atomic E-state index is -0.428. The van der Waals surface area contributed by atoms with E-state index in [4.69, 9.17) is 9.47 Å². The molecule has 0 fully saturated rings. The molecule has 31 heavy (non-hydrogen) atoms. The summed E-state index contributed by atoms with van der Waals surface area (Å²) in [7, 11) is 1.58. The highest BCUT2D eigenvalue weighted by atomic mass is 19.1. The Balaban J connectivity index is 1.56. The first-order chi connectivity index (χ1) is 15.1. The van der Waals surface area contributed by atoms with Crippen LogP contribution in [0.1, 0.15) is 16.1 Å². The molecular weight excluding hydrogens is 399 g/mol. The number of carbonyl (C=O) groups excluding carboxylic acids is 1. The number of nitrogens with one attached hydrogen (secondary N) is 1. The fraction of sp³-hybridized carbons (Fsp3) is 0.0870. The van der Waals surface area contributed by atoms with E-state index in [1.807, 2.05) is 0 Å². The highest BCUT2D eigenvalue weighted by molar-refractivity contribution is 6.05. The van der Waals surface area contributed by atoms with Gasteiger partial charge < -0.3 is 14.8 Å². The molecule has 0 bridgehead atoms. The van der Waals surface area contributed by atoms with Gasteiger partial charge in [0.2, 0.25) is 5.88 Å². The van der Waals surface area contributed by atoms with Crippen molar-refractivity contribution in [3.63, 3.8) is 0 Å². The summed E-state index contributed by atoms with van der Waals surface area (Å²) in [5.41, 5.74) is 1.47. The predicted octanol–water partition coefficient (Wildman–Crippen LogP) is 4.77. The Morgan fingerprint density at radius 2 is 1.77 bits per heavy atom. The SMILES string of the molecule is COc1ccc(Oc2ncccc2NC(=O)c2cnn(-c3ccccc3F)c2C)cc1. The molecule has 0 saturated carbocycles. The van der Waals surface area contributed by atoms with Crippen LogP contribution in [0, 0.1) is 12.7 Å². The molecule has 8 heteroatoms. The standard InChI is InChI=1S/C23H19FN4O3/c1-15-18(14-26-28(15)21-8-4-3-6-19(21)24)22(29)27-20-7-5-13-25-23(20)31-17-11-9-16(30-2)10-12-17/h3-14H,1-2H3,(H,27,29). The smallest absolute Gasteiger partial charge is 0.259 e. The summed E-state index contributed by atoms with van der Waals surface area (Å²) in [6.45, 7) is 1.70. The number of ether oxygens (including phenoxy) is 2. The van der Waals surface area contributed by atoms with Crippen molar-refractivity contribution in [2.24, 2.45) is 0 Å². The van der Waals surface area contributed by atoms with Gasteiger partial charge in [-0.1, -0.05) is 12.1 Å². The summed E-state index contributed by atoms with van der Waals surface area (Å²) in [6, 6.07) is 16.6. The number of hydrogen-bond donors (Lipinski definition) is 1. The minimum Gasteiger partial charge on any atom is -0.497 e. The second-order valence-electron chi connectivity index (χ2n) is 6.59. The van der Waals surface area contributed by atoms with Crippen LogP contribution in [0.4, 0.5) is 10.1 Å². The summed E-state index contributed by atoms with van der Waals surface area (Å²) in [5, 5.41) is 6.96. The summed E-state index contributed by atoms with van der Waals surface area (Å²) < 4.78 is 26.5. The molecule has 4 rings (SSSR count). The zero-order chi connectivity index (χ0) is 21.8. The van der Waals surface area contributed by atoms with E-state index in [0.717, 1.165) is 0 Å². The molecule has 0 aliphatic rings. The lowest BCUT2D eigenvalue weighted by Gasteiger charge is -2.11. The number of carbonyl (C=O) groups is 1. The fourth-order valence-electron chi connectivity index (χ4n) is 3.01. The summed E-state index contributed by atoms with van der Waals surface area (Å²) in [5.74, 6) is 0.638. The second kappa shape index (κ2) is 8.66. The first-order valence-corrected chi connectivity index (χ1v) is 9.44. The van der Waals surface area contributed by atoms with Crippen molar-refractivity contribution in [2.45, 2.75) is 6.92 Å². The van der Waals surface area contributed by atoms with Gasteiger partial charge in [-0.3, -0.25) is 4.79 Å². The van der Waals surface area contributed by atoms with Gasteiger partial charge in [0.05, 0.1) is 24.6 Å². The van der Waals surface area contributed by atoms with Crippen LogP contribution >= 0.6 is 0 Å². The molecule has 0 unspecified atom stereocenters. The molecule has 2 aromatic heterocycles. The average Bonchev–Trinajstić information content (AvgIpc) is 3.17. The van der Waals surface area contributed by atoms with Gasteiger partial charge in [0.1, 0.15) is 28.7 Å². The molecule has 2 heterocycles. The van der Waals surface area contributed by atoms with Gasteiger partial charge in [0.15, 0.2) is 0 Å². The van der Waals surface area contributed by atoms with Crippen LogP contribution in [0.15, 0.2) is 73.1 Å². The van der Waals surface area contributed by atoms with Gasteiger partial charge in [-0.15, -0.1) is 0 Å². The van der Waals surface area contributed by atoms with Crippen LogP contribution in [0.3, 0.4) is 0 Å². The number of nitrogens with zero attached hydrogens (tertiary/aromatic N) is 3. The Morgan fingerprint density at radius 1 is 1.03 bits per heavy atom. The van der Waals surface area contributed by atoms with E-state index in [9.17, 15) is 9.18 Å². The molecule has 7 nitrogen and oxygen atoms in total. The lowest BCUT2D eigenvalue weighted by molar-refractivity contribution is 0.102. The third-order valence-corrected chi connectivity index (χ3v) is 4.63. The van der Waals surface area contributed by atoms with E-state index in [2.05, 4.69) is 15.4 Å². The molecule has 0 saturated heterocycles. The Hall–Kier alpha value is -4.20. The van der Waals surface area contributed by atoms with Gasteiger partial charge in [0, 0.05) is 6.20 Å². The number of amides is 1. The topological polar surface area (TPSA) is 78.3 Å². The van der Waals surface area contributed by atoms with E-state index >= 15 is 0 Å². The second-order valence-corrected chi connectivity index (χ2v) is 6.59. The number of anilines is 1. The zero-order valence-electron chi connectivity index (χ0n) is 16.9. The third kappa shape index (κ3) is 4.23. The first kappa shape index (κ1) is 20.1. The normalized spacial score (nSPS) is 10.5. The zero-order valence-corrected chi connectivity index (χ0v) is 16.9. The molecular formula is C23H19FN4O3. The molecule has 0 atom stereocenters. The quantitative estimate of drug-likeness (QED) is 0.488.